The Balaban J connectivity index is 2.10. The number of benzene rings is 1. The van der Waals surface area contributed by atoms with Crippen molar-refractivity contribution in [1.29, 1.82) is 0 Å². The highest BCUT2D eigenvalue weighted by Gasteiger charge is 2.30. The first kappa shape index (κ1) is 31.2. The summed E-state index contributed by atoms with van der Waals surface area (Å²) in [7, 11) is 0. The number of aliphatic hydroxyl groups excluding tert-OH is 1. The van der Waals surface area contributed by atoms with Crippen LogP contribution in [-0.2, 0) is 30.4 Å². The SMILES string of the molecule is NCCCCC(N)C(=O)NC(CO)C(=O)NC(CCC(=O)O)C(=O)NC(Cc1c[nH]c2ccccc12)C(=O)O. The Bertz CT molecular complexity index is 1150. The number of H-pyrrole nitrogens is 1. The standard InChI is InChI=1S/C25H36N6O8/c26-10-4-3-6-16(27)22(35)31-20(13-32)24(37)29-18(8-9-21(33)34)23(36)30-19(25(38)39)11-14-12-28-17-7-2-1-5-15(14)17/h1-2,5,7,12,16,18-20,28,32H,3-4,6,8-11,13,26-27H2,(H,29,37)(H,30,36)(H,31,35)(H,33,34)(H,38,39). The number of hydrogen-bond acceptors (Lipinski definition) is 8. The van der Waals surface area contributed by atoms with E-state index in [9.17, 15) is 34.2 Å². The van der Waals surface area contributed by atoms with Gasteiger partial charge in [-0.2, -0.15) is 0 Å². The van der Waals surface area contributed by atoms with Crippen LogP contribution < -0.4 is 27.4 Å². The fourth-order valence-corrected chi connectivity index (χ4v) is 3.91. The number of aromatic nitrogens is 1. The van der Waals surface area contributed by atoms with E-state index in [2.05, 4.69) is 20.9 Å². The van der Waals surface area contributed by atoms with Gasteiger partial charge < -0.3 is 47.7 Å². The first-order chi connectivity index (χ1) is 18.6. The van der Waals surface area contributed by atoms with Crippen LogP contribution in [0.25, 0.3) is 10.9 Å². The molecule has 11 N–H and O–H groups in total. The van der Waals surface area contributed by atoms with Crippen LogP contribution in [0.15, 0.2) is 30.5 Å². The van der Waals surface area contributed by atoms with Crippen LogP contribution in [0.5, 0.6) is 0 Å². The number of hydrogen-bond donors (Lipinski definition) is 9. The summed E-state index contributed by atoms with van der Waals surface area (Å²) < 4.78 is 0. The number of aliphatic hydroxyl groups is 1. The maximum Gasteiger partial charge on any atom is 0.326 e. The third kappa shape index (κ3) is 9.67. The number of nitrogens with one attached hydrogen (secondary N) is 4. The van der Waals surface area contributed by atoms with Gasteiger partial charge in [-0.05, 0) is 37.4 Å². The van der Waals surface area contributed by atoms with E-state index in [1.54, 1.807) is 18.3 Å². The number of carboxylic acid groups (broad SMARTS) is 2. The van der Waals surface area contributed by atoms with Gasteiger partial charge in [0.25, 0.3) is 0 Å². The van der Waals surface area contributed by atoms with Crippen molar-refractivity contribution >= 4 is 40.6 Å². The first-order valence-electron chi connectivity index (χ1n) is 12.5. The van der Waals surface area contributed by atoms with Crippen LogP contribution in [0.4, 0.5) is 0 Å². The van der Waals surface area contributed by atoms with Crippen molar-refractivity contribution in [2.75, 3.05) is 13.2 Å². The summed E-state index contributed by atoms with van der Waals surface area (Å²) in [4.78, 5) is 64.2. The van der Waals surface area contributed by atoms with Crippen molar-refractivity contribution in [3.05, 3.63) is 36.0 Å². The minimum Gasteiger partial charge on any atom is -0.481 e. The van der Waals surface area contributed by atoms with Gasteiger partial charge in [0.05, 0.1) is 12.6 Å². The number of nitrogens with two attached hydrogens (primary N) is 2. The van der Waals surface area contributed by atoms with E-state index in [1.165, 1.54) is 0 Å². The Hall–Kier alpha value is -4.01. The topological polar surface area (TPSA) is 250 Å². The number of aliphatic carboxylic acids is 2. The molecule has 0 bridgehead atoms. The van der Waals surface area contributed by atoms with Crippen LogP contribution in [0.1, 0.15) is 37.7 Å². The van der Waals surface area contributed by atoms with E-state index < -0.39 is 66.9 Å². The van der Waals surface area contributed by atoms with E-state index in [4.69, 9.17) is 16.6 Å². The third-order valence-corrected chi connectivity index (χ3v) is 6.11. The fraction of sp³-hybridized carbons (Fsp3) is 0.480. The molecule has 1 heterocycles. The summed E-state index contributed by atoms with van der Waals surface area (Å²) in [5.74, 6) is -5.17. The van der Waals surface area contributed by atoms with Gasteiger partial charge in [-0.1, -0.05) is 24.6 Å². The van der Waals surface area contributed by atoms with Gasteiger partial charge in [-0.25, -0.2) is 4.79 Å². The van der Waals surface area contributed by atoms with E-state index in [-0.39, 0.29) is 12.8 Å². The van der Waals surface area contributed by atoms with E-state index in [0.717, 1.165) is 10.9 Å². The van der Waals surface area contributed by atoms with Gasteiger partial charge in [-0.15, -0.1) is 0 Å². The van der Waals surface area contributed by atoms with Crippen LogP contribution >= 0.6 is 0 Å². The van der Waals surface area contributed by atoms with Gasteiger partial charge in [0.2, 0.25) is 17.7 Å². The molecule has 0 aliphatic heterocycles. The minimum atomic E-state index is -1.47. The molecule has 39 heavy (non-hydrogen) atoms. The Kier molecular flexibility index (Phi) is 12.3. The summed E-state index contributed by atoms with van der Waals surface area (Å²) in [6, 6.07) is 1.94. The molecule has 0 saturated heterocycles. The zero-order valence-electron chi connectivity index (χ0n) is 21.4. The molecular weight excluding hydrogens is 512 g/mol. The number of aromatic amines is 1. The number of unbranched alkanes of at least 4 members (excludes halogenated alkanes) is 1. The number of para-hydroxylation sites is 1. The molecule has 4 unspecified atom stereocenters. The molecule has 2 aromatic rings. The number of rotatable bonds is 17. The molecule has 14 heteroatoms. The summed E-state index contributed by atoms with van der Waals surface area (Å²) in [6.45, 7) is -0.390. The number of carboxylic acids is 2. The van der Waals surface area contributed by atoms with Crippen molar-refractivity contribution < 1.29 is 39.3 Å². The average molecular weight is 549 g/mol. The monoisotopic (exact) mass is 548 g/mol. The lowest BCUT2D eigenvalue weighted by Gasteiger charge is -2.24. The lowest BCUT2D eigenvalue weighted by Crippen LogP contribution is -2.58. The van der Waals surface area contributed by atoms with Crippen molar-refractivity contribution in [2.45, 2.75) is 62.7 Å². The molecule has 1 aromatic heterocycles. The molecule has 1 aromatic carbocycles. The molecule has 0 fully saturated rings. The molecular formula is C25H36N6O8. The Morgan fingerprint density at radius 2 is 1.51 bits per heavy atom. The second-order valence-corrected chi connectivity index (χ2v) is 9.09. The van der Waals surface area contributed by atoms with Crippen LogP contribution in [0.2, 0.25) is 0 Å². The highest BCUT2D eigenvalue weighted by molar-refractivity contribution is 5.94. The molecule has 0 spiro atoms. The smallest absolute Gasteiger partial charge is 0.326 e. The van der Waals surface area contributed by atoms with Crippen molar-refractivity contribution in [3.8, 4) is 0 Å². The Morgan fingerprint density at radius 3 is 2.15 bits per heavy atom. The molecule has 0 saturated carbocycles. The maximum atomic E-state index is 13.0. The Morgan fingerprint density at radius 1 is 0.872 bits per heavy atom. The van der Waals surface area contributed by atoms with Gasteiger partial charge in [-0.3, -0.25) is 19.2 Å². The quantitative estimate of drug-likeness (QED) is 0.104. The van der Waals surface area contributed by atoms with E-state index >= 15 is 0 Å². The molecule has 3 amide bonds. The van der Waals surface area contributed by atoms with Crippen molar-refractivity contribution in [3.63, 3.8) is 0 Å². The summed E-state index contributed by atoms with van der Waals surface area (Å²) >= 11 is 0. The largest absolute Gasteiger partial charge is 0.481 e. The maximum absolute atomic E-state index is 13.0. The molecule has 14 nitrogen and oxygen atoms in total. The van der Waals surface area contributed by atoms with Crippen LogP contribution in [0, 0.1) is 0 Å². The van der Waals surface area contributed by atoms with Gasteiger partial charge in [0.15, 0.2) is 0 Å². The molecule has 2 rings (SSSR count). The summed E-state index contributed by atoms with van der Waals surface area (Å²) in [5.41, 5.74) is 12.6. The fourth-order valence-electron chi connectivity index (χ4n) is 3.91. The normalized spacial score (nSPS) is 14.1. The van der Waals surface area contributed by atoms with Crippen LogP contribution in [-0.4, -0.2) is 87.3 Å². The third-order valence-electron chi connectivity index (χ3n) is 6.11. The molecule has 0 aliphatic rings. The summed E-state index contributed by atoms with van der Waals surface area (Å²) in [5, 5.41) is 36.2. The second-order valence-electron chi connectivity index (χ2n) is 9.09. The zero-order valence-corrected chi connectivity index (χ0v) is 21.4. The predicted molar refractivity (Wildman–Crippen MR) is 140 cm³/mol. The second kappa shape index (κ2) is 15.4. The number of fused-ring (bicyclic) bond motifs is 1. The predicted octanol–water partition coefficient (Wildman–Crippen LogP) is -1.44. The Labute approximate surface area is 224 Å². The summed E-state index contributed by atoms with van der Waals surface area (Å²) in [6.07, 6.45) is 2.22. The zero-order chi connectivity index (χ0) is 28.9. The number of carbonyl (C=O) groups excluding carboxylic acids is 3. The molecule has 214 valence electrons. The minimum absolute atomic E-state index is 0.0813. The lowest BCUT2D eigenvalue weighted by atomic mass is 10.0. The van der Waals surface area contributed by atoms with Crippen molar-refractivity contribution in [2.24, 2.45) is 11.5 Å². The molecule has 0 aliphatic carbocycles. The first-order valence-corrected chi connectivity index (χ1v) is 12.5. The van der Waals surface area contributed by atoms with Crippen molar-refractivity contribution in [1.82, 2.24) is 20.9 Å². The number of amides is 3. The highest BCUT2D eigenvalue weighted by Crippen LogP contribution is 2.19. The van der Waals surface area contributed by atoms with Gasteiger partial charge >= 0.3 is 11.9 Å². The average Bonchev–Trinajstić information content (AvgIpc) is 3.31. The van der Waals surface area contributed by atoms with E-state index in [0.29, 0.717) is 31.4 Å². The van der Waals surface area contributed by atoms with E-state index in [1.807, 2.05) is 12.1 Å². The van der Waals surface area contributed by atoms with Gasteiger partial charge in [0, 0.05) is 29.9 Å². The van der Waals surface area contributed by atoms with Crippen LogP contribution in [0.3, 0.4) is 0 Å². The van der Waals surface area contributed by atoms with Gasteiger partial charge in [0.1, 0.15) is 18.1 Å². The lowest BCUT2D eigenvalue weighted by molar-refractivity contribution is -0.143. The molecule has 0 radical (unpaired) electrons. The highest BCUT2D eigenvalue weighted by atomic mass is 16.4. The number of carbonyl (C=O) groups is 5. The molecule has 4 atom stereocenters.